The molecule has 0 saturated heterocycles. The lowest BCUT2D eigenvalue weighted by Gasteiger charge is -2.16. The Morgan fingerprint density at radius 2 is 1.60 bits per heavy atom. The number of anilines is 1. The van der Waals surface area contributed by atoms with Crippen molar-refractivity contribution in [3.05, 3.63) is 88.4 Å². The molecule has 1 N–H and O–H groups in total. The number of nitrogens with one attached hydrogen (secondary N) is 1. The van der Waals surface area contributed by atoms with Gasteiger partial charge in [0, 0.05) is 16.8 Å². The van der Waals surface area contributed by atoms with Gasteiger partial charge in [-0.25, -0.2) is 17.6 Å². The van der Waals surface area contributed by atoms with Gasteiger partial charge in [-0.2, -0.15) is 0 Å². The van der Waals surface area contributed by atoms with Gasteiger partial charge in [0.1, 0.15) is 5.82 Å². The molecule has 0 unspecified atom stereocenters. The second kappa shape index (κ2) is 9.19. The summed E-state index contributed by atoms with van der Waals surface area (Å²) in [5.41, 5.74) is 5.75. The van der Waals surface area contributed by atoms with Crippen molar-refractivity contribution in [3.8, 4) is 5.69 Å². The van der Waals surface area contributed by atoms with Gasteiger partial charge in [-0.05, 0) is 88.2 Å². The number of aromatic nitrogens is 1. The first kappa shape index (κ1) is 24.5. The summed E-state index contributed by atoms with van der Waals surface area (Å²) in [7, 11) is -3.98. The lowest BCUT2D eigenvalue weighted by Crippen LogP contribution is -2.14. The van der Waals surface area contributed by atoms with Gasteiger partial charge in [-0.1, -0.05) is 17.7 Å². The van der Waals surface area contributed by atoms with Crippen molar-refractivity contribution in [1.82, 2.24) is 4.57 Å². The number of rotatable bonds is 6. The van der Waals surface area contributed by atoms with E-state index in [9.17, 15) is 17.6 Å². The molecule has 0 atom stereocenters. The summed E-state index contributed by atoms with van der Waals surface area (Å²) in [6, 6.07) is 14.2. The van der Waals surface area contributed by atoms with Crippen molar-refractivity contribution in [3.63, 3.8) is 0 Å². The van der Waals surface area contributed by atoms with Crippen LogP contribution in [0.2, 0.25) is 0 Å². The largest absolute Gasteiger partial charge is 0.462 e. The standard InChI is InChI=1S/C27H27FN2O4S/c1-6-34-27(31)25-19(5)30(21-11-7-16(2)8-12-21)26-18(4)17(3)24(15-23(25)26)29-35(32,33)22-13-9-20(28)10-14-22/h7-15,29H,6H2,1-5H3. The van der Waals surface area contributed by atoms with E-state index in [4.69, 9.17) is 4.74 Å². The Morgan fingerprint density at radius 3 is 2.20 bits per heavy atom. The van der Waals surface area contributed by atoms with Crippen molar-refractivity contribution >= 4 is 32.6 Å². The van der Waals surface area contributed by atoms with Crippen LogP contribution in [0.5, 0.6) is 0 Å². The van der Waals surface area contributed by atoms with E-state index in [-0.39, 0.29) is 11.5 Å². The summed E-state index contributed by atoms with van der Waals surface area (Å²) in [4.78, 5) is 13.0. The summed E-state index contributed by atoms with van der Waals surface area (Å²) >= 11 is 0. The molecule has 35 heavy (non-hydrogen) atoms. The predicted molar refractivity (Wildman–Crippen MR) is 135 cm³/mol. The van der Waals surface area contributed by atoms with Crippen LogP contribution in [-0.4, -0.2) is 25.6 Å². The SMILES string of the molecule is CCOC(=O)c1c(C)n(-c2ccc(C)cc2)c2c(C)c(C)c(NS(=O)(=O)c3ccc(F)cc3)cc12. The smallest absolute Gasteiger partial charge is 0.340 e. The first-order valence-electron chi connectivity index (χ1n) is 11.2. The molecule has 1 heterocycles. The molecule has 0 bridgehead atoms. The Hall–Kier alpha value is -3.65. The number of hydrogen-bond acceptors (Lipinski definition) is 4. The van der Waals surface area contributed by atoms with Gasteiger partial charge in [-0.3, -0.25) is 4.72 Å². The molecule has 3 aromatic carbocycles. The molecule has 0 aliphatic heterocycles. The number of hydrogen-bond donors (Lipinski definition) is 1. The molecule has 1 aromatic heterocycles. The van der Waals surface area contributed by atoms with E-state index >= 15 is 0 Å². The summed E-state index contributed by atoms with van der Waals surface area (Å²) < 4.78 is 49.3. The highest BCUT2D eigenvalue weighted by molar-refractivity contribution is 7.92. The van der Waals surface area contributed by atoms with Gasteiger partial charge < -0.3 is 9.30 Å². The monoisotopic (exact) mass is 494 g/mol. The zero-order chi connectivity index (χ0) is 25.5. The molecule has 0 aliphatic rings. The first-order chi connectivity index (χ1) is 16.5. The van der Waals surface area contributed by atoms with E-state index in [0.717, 1.165) is 34.5 Å². The summed E-state index contributed by atoms with van der Waals surface area (Å²) in [6.45, 7) is 9.52. The number of carbonyl (C=O) groups is 1. The van der Waals surface area contributed by atoms with Crippen LogP contribution in [0, 0.1) is 33.5 Å². The number of fused-ring (bicyclic) bond motifs is 1. The molecule has 8 heteroatoms. The van der Waals surface area contributed by atoms with Crippen LogP contribution >= 0.6 is 0 Å². The number of aryl methyl sites for hydroxylation is 2. The molecule has 0 radical (unpaired) electrons. The lowest BCUT2D eigenvalue weighted by molar-refractivity contribution is 0.0527. The van der Waals surface area contributed by atoms with Crippen LogP contribution in [0.3, 0.4) is 0 Å². The normalized spacial score (nSPS) is 11.6. The molecule has 6 nitrogen and oxygen atoms in total. The van der Waals surface area contributed by atoms with Crippen molar-refractivity contribution in [2.75, 3.05) is 11.3 Å². The van der Waals surface area contributed by atoms with Crippen LogP contribution in [0.4, 0.5) is 10.1 Å². The summed E-state index contributed by atoms with van der Waals surface area (Å²) in [5.74, 6) is -0.999. The predicted octanol–water partition coefficient (Wildman–Crippen LogP) is 5.98. The third-order valence-corrected chi connectivity index (χ3v) is 7.58. The van der Waals surface area contributed by atoms with Crippen LogP contribution < -0.4 is 4.72 Å². The molecule has 182 valence electrons. The van der Waals surface area contributed by atoms with E-state index in [1.165, 1.54) is 12.1 Å². The van der Waals surface area contributed by atoms with E-state index in [0.29, 0.717) is 27.9 Å². The highest BCUT2D eigenvalue weighted by atomic mass is 32.2. The Morgan fingerprint density at radius 1 is 0.971 bits per heavy atom. The molecule has 0 spiro atoms. The fraction of sp³-hybridized carbons (Fsp3) is 0.222. The van der Waals surface area contributed by atoms with Gasteiger partial charge in [0.15, 0.2) is 0 Å². The van der Waals surface area contributed by atoms with Gasteiger partial charge in [0.25, 0.3) is 10.0 Å². The number of esters is 1. The Labute approximate surface area is 204 Å². The van der Waals surface area contributed by atoms with Crippen LogP contribution in [0.1, 0.15) is 39.7 Å². The maximum Gasteiger partial charge on any atom is 0.340 e. The first-order valence-corrected chi connectivity index (χ1v) is 12.7. The summed E-state index contributed by atoms with van der Waals surface area (Å²) in [6.07, 6.45) is 0. The number of benzene rings is 3. The van der Waals surface area contributed by atoms with Crippen molar-refractivity contribution in [1.29, 1.82) is 0 Å². The molecule has 0 fully saturated rings. The van der Waals surface area contributed by atoms with Crippen molar-refractivity contribution in [2.45, 2.75) is 39.5 Å². The third-order valence-electron chi connectivity index (χ3n) is 6.20. The zero-order valence-electron chi connectivity index (χ0n) is 20.3. The van der Waals surface area contributed by atoms with Gasteiger partial charge in [-0.15, -0.1) is 0 Å². The van der Waals surface area contributed by atoms with Crippen LogP contribution in [0.25, 0.3) is 16.6 Å². The van der Waals surface area contributed by atoms with Gasteiger partial charge in [0.2, 0.25) is 0 Å². The van der Waals surface area contributed by atoms with E-state index in [1.54, 1.807) is 13.0 Å². The molecular weight excluding hydrogens is 467 g/mol. The van der Waals surface area contributed by atoms with E-state index < -0.39 is 21.8 Å². The fourth-order valence-corrected chi connectivity index (χ4v) is 5.37. The third kappa shape index (κ3) is 4.41. The summed E-state index contributed by atoms with van der Waals surface area (Å²) in [5, 5.41) is 0.585. The van der Waals surface area contributed by atoms with Crippen LogP contribution in [-0.2, 0) is 14.8 Å². The molecule has 4 aromatic rings. The molecule has 0 aliphatic carbocycles. The number of carbonyl (C=O) groups excluding carboxylic acids is 1. The quantitative estimate of drug-likeness (QED) is 0.335. The highest BCUT2D eigenvalue weighted by Gasteiger charge is 2.26. The van der Waals surface area contributed by atoms with Crippen LogP contribution in [0.15, 0.2) is 59.5 Å². The van der Waals surface area contributed by atoms with Crippen molar-refractivity contribution in [2.24, 2.45) is 0 Å². The Balaban J connectivity index is 1.97. The highest BCUT2D eigenvalue weighted by Crippen LogP contribution is 2.37. The lowest BCUT2D eigenvalue weighted by atomic mass is 10.0. The van der Waals surface area contributed by atoms with E-state index in [1.807, 2.05) is 56.5 Å². The molecular formula is C27H27FN2O4S. The average molecular weight is 495 g/mol. The fourth-order valence-electron chi connectivity index (χ4n) is 4.26. The number of nitrogens with zero attached hydrogens (tertiary/aromatic N) is 1. The molecule has 4 rings (SSSR count). The minimum Gasteiger partial charge on any atom is -0.462 e. The minimum absolute atomic E-state index is 0.0601. The van der Waals surface area contributed by atoms with E-state index in [2.05, 4.69) is 4.72 Å². The zero-order valence-corrected chi connectivity index (χ0v) is 21.1. The maximum absolute atomic E-state index is 13.3. The Kier molecular flexibility index (Phi) is 6.42. The minimum atomic E-state index is -3.98. The number of sulfonamides is 1. The Bertz CT molecular complexity index is 1540. The number of halogens is 1. The topological polar surface area (TPSA) is 77.4 Å². The molecule has 0 amide bonds. The number of ether oxygens (including phenoxy) is 1. The molecule has 0 saturated carbocycles. The second-order valence-corrected chi connectivity index (χ2v) is 10.2. The van der Waals surface area contributed by atoms with Gasteiger partial charge >= 0.3 is 5.97 Å². The maximum atomic E-state index is 13.3. The van der Waals surface area contributed by atoms with Gasteiger partial charge in [0.05, 0.1) is 28.3 Å². The van der Waals surface area contributed by atoms with Crippen molar-refractivity contribution < 1.29 is 22.3 Å². The average Bonchev–Trinajstić information content (AvgIpc) is 3.10. The second-order valence-electron chi connectivity index (χ2n) is 8.48.